The largest absolute Gasteiger partial charge is 0.447 e. The van der Waals surface area contributed by atoms with Gasteiger partial charge in [0, 0.05) is 25.6 Å². The molecule has 0 spiro atoms. The Morgan fingerprint density at radius 3 is 2.46 bits per heavy atom. The van der Waals surface area contributed by atoms with Crippen LogP contribution in [-0.2, 0) is 23.2 Å². The number of nitrogens with one attached hydrogen (secondary N) is 2. The van der Waals surface area contributed by atoms with Crippen LogP contribution in [-0.4, -0.2) is 94.0 Å². The summed E-state index contributed by atoms with van der Waals surface area (Å²) >= 11 is 0. The number of β-amino-alcohol motifs (C(OH)–C–C–N with tert-alkyl or cyclic N) is 1. The zero-order chi connectivity index (χ0) is 26.0. The Labute approximate surface area is 208 Å². The van der Waals surface area contributed by atoms with E-state index in [9.17, 15) is 29.4 Å². The summed E-state index contributed by atoms with van der Waals surface area (Å²) in [6.45, 7) is 4.08. The van der Waals surface area contributed by atoms with Gasteiger partial charge in [0.05, 0.1) is 58.6 Å². The van der Waals surface area contributed by atoms with E-state index in [0.717, 1.165) is 0 Å². The van der Waals surface area contributed by atoms with Crippen molar-refractivity contribution in [2.24, 2.45) is 16.8 Å². The molecule has 3 amide bonds. The molecular formula is C18H28N5O9P3. The number of guanidine groups is 1. The van der Waals surface area contributed by atoms with Crippen molar-refractivity contribution >= 4 is 58.4 Å². The molecule has 0 aromatic heterocycles. The van der Waals surface area contributed by atoms with Gasteiger partial charge in [0.2, 0.25) is 11.9 Å². The molecule has 2 fully saturated rings. The number of hydrogen-bond acceptors (Lipinski definition) is 10. The number of aliphatic hydroxyl groups is 2. The van der Waals surface area contributed by atoms with Gasteiger partial charge >= 0.3 is 18.2 Å². The zero-order valence-corrected chi connectivity index (χ0v) is 22.4. The maximum Gasteiger partial charge on any atom is 0.439 e. The molecule has 2 saturated heterocycles. The highest BCUT2D eigenvalue weighted by Crippen LogP contribution is 2.47. The second kappa shape index (κ2) is 11.4. The van der Waals surface area contributed by atoms with Gasteiger partial charge in [-0.1, -0.05) is 6.92 Å². The Hall–Kier alpha value is -1.94. The Morgan fingerprint density at radius 2 is 1.89 bits per heavy atom. The lowest BCUT2D eigenvalue weighted by Crippen LogP contribution is -2.63. The van der Waals surface area contributed by atoms with Gasteiger partial charge in [0.1, 0.15) is 5.70 Å². The van der Waals surface area contributed by atoms with E-state index in [2.05, 4.69) is 24.7 Å². The fourth-order valence-corrected chi connectivity index (χ4v) is 5.02. The molecule has 0 saturated carbocycles. The minimum absolute atomic E-state index is 0.139. The molecule has 3 rings (SSSR count). The number of fused-ring (bicyclic) bond motifs is 1. The van der Waals surface area contributed by atoms with Gasteiger partial charge in [0.25, 0.3) is 0 Å². The first kappa shape index (κ1) is 27.6. The molecule has 4 N–H and O–H groups in total. The quantitative estimate of drug-likeness (QED) is 0.141. The SMILES string of the molecule is C[C@@H](O)C1C(=O)N2C(C(=O)OP)=C(CN3C[C@@H](O)[C@H](NC(=NC(=O)OP)NC(=O)OP)C3)[C@H](C)[C@H]12. The minimum Gasteiger partial charge on any atom is -0.447 e. The summed E-state index contributed by atoms with van der Waals surface area (Å²) < 4.78 is 13.7. The van der Waals surface area contributed by atoms with Crippen LogP contribution in [0.3, 0.4) is 0 Å². The molecule has 0 aliphatic carbocycles. The predicted octanol–water partition coefficient (Wildman–Crippen LogP) is -1.14. The van der Waals surface area contributed by atoms with E-state index >= 15 is 0 Å². The number of nitrogens with zero attached hydrogens (tertiary/aromatic N) is 3. The van der Waals surface area contributed by atoms with Crippen LogP contribution in [0.15, 0.2) is 16.3 Å². The Bertz CT molecular complexity index is 962. The van der Waals surface area contributed by atoms with Gasteiger partial charge in [-0.3, -0.25) is 15.0 Å². The van der Waals surface area contributed by atoms with E-state index in [1.807, 2.05) is 21.3 Å². The molecule has 17 heteroatoms. The second-order valence-electron chi connectivity index (χ2n) is 8.42. The van der Waals surface area contributed by atoms with E-state index < -0.39 is 42.3 Å². The van der Waals surface area contributed by atoms with Crippen molar-refractivity contribution in [3.8, 4) is 0 Å². The molecule has 35 heavy (non-hydrogen) atoms. The Morgan fingerprint density at radius 1 is 1.20 bits per heavy atom. The van der Waals surface area contributed by atoms with Gasteiger partial charge in [-0.05, 0) is 12.5 Å². The number of rotatable bonds is 5. The van der Waals surface area contributed by atoms with Crippen molar-refractivity contribution in [1.82, 2.24) is 20.4 Å². The number of hydrogen-bond donors (Lipinski definition) is 4. The highest BCUT2D eigenvalue weighted by atomic mass is 31.0. The number of carbonyl (C=O) groups excluding carboxylic acids is 4. The Kier molecular flexibility index (Phi) is 9.01. The van der Waals surface area contributed by atoms with Gasteiger partial charge in [-0.2, -0.15) is 0 Å². The number of amides is 3. The average Bonchev–Trinajstić information content (AvgIpc) is 3.27. The minimum atomic E-state index is -1.02. The smallest absolute Gasteiger partial charge is 0.439 e. The molecule has 0 aromatic rings. The summed E-state index contributed by atoms with van der Waals surface area (Å²) in [6, 6.07) is -1.02. The first-order valence-electron chi connectivity index (χ1n) is 10.5. The first-order chi connectivity index (χ1) is 16.5. The highest BCUT2D eigenvalue weighted by molar-refractivity contribution is 7.11. The van der Waals surface area contributed by atoms with Crippen LogP contribution < -0.4 is 10.6 Å². The molecule has 0 aromatic carbocycles. The van der Waals surface area contributed by atoms with Crippen LogP contribution in [0.1, 0.15) is 13.8 Å². The number of carbonyl (C=O) groups is 4. The number of aliphatic imine (C=N–C) groups is 1. The van der Waals surface area contributed by atoms with E-state index in [4.69, 9.17) is 4.52 Å². The number of β-lactam (4-membered cyclic amide) rings is 1. The predicted molar refractivity (Wildman–Crippen MR) is 130 cm³/mol. The second-order valence-corrected chi connectivity index (χ2v) is 9.13. The zero-order valence-electron chi connectivity index (χ0n) is 18.9. The van der Waals surface area contributed by atoms with Crippen molar-refractivity contribution in [3.63, 3.8) is 0 Å². The van der Waals surface area contributed by atoms with Crippen LogP contribution in [0.5, 0.6) is 0 Å². The average molecular weight is 551 g/mol. The maximum absolute atomic E-state index is 12.6. The first-order valence-corrected chi connectivity index (χ1v) is 11.9. The monoisotopic (exact) mass is 551 g/mol. The normalized spacial score (nSPS) is 29.3. The summed E-state index contributed by atoms with van der Waals surface area (Å²) in [7, 11) is 5.35. The van der Waals surface area contributed by atoms with Crippen LogP contribution in [0.4, 0.5) is 9.59 Å². The van der Waals surface area contributed by atoms with E-state index in [0.29, 0.717) is 5.57 Å². The van der Waals surface area contributed by atoms with E-state index in [1.54, 1.807) is 25.9 Å². The van der Waals surface area contributed by atoms with Gasteiger partial charge in [0.15, 0.2) is 0 Å². The van der Waals surface area contributed by atoms with Crippen molar-refractivity contribution in [2.75, 3.05) is 19.6 Å². The van der Waals surface area contributed by atoms with Crippen LogP contribution in [0.25, 0.3) is 0 Å². The fraction of sp³-hybridized carbons (Fsp3) is 0.611. The summed E-state index contributed by atoms with van der Waals surface area (Å²) in [5, 5.41) is 25.6. The third-order valence-corrected chi connectivity index (χ3v) is 6.96. The third kappa shape index (κ3) is 5.58. The van der Waals surface area contributed by atoms with E-state index in [-0.39, 0.29) is 49.2 Å². The summed E-state index contributed by atoms with van der Waals surface area (Å²) in [5.74, 6) is -2.16. The molecule has 3 aliphatic heterocycles. The van der Waals surface area contributed by atoms with Crippen LogP contribution in [0.2, 0.25) is 0 Å². The highest BCUT2D eigenvalue weighted by Gasteiger charge is 2.60. The molecule has 194 valence electrons. The lowest BCUT2D eigenvalue weighted by molar-refractivity contribution is -0.162. The summed E-state index contributed by atoms with van der Waals surface area (Å²) in [6.07, 6.45) is -3.74. The molecule has 3 aliphatic rings. The van der Waals surface area contributed by atoms with Crippen molar-refractivity contribution < 1.29 is 43.0 Å². The topological polar surface area (TPSA) is 179 Å². The molecule has 9 atom stereocenters. The van der Waals surface area contributed by atoms with Crippen LogP contribution >= 0.6 is 28.4 Å². The molecule has 0 radical (unpaired) electrons. The molecule has 14 nitrogen and oxygen atoms in total. The summed E-state index contributed by atoms with van der Waals surface area (Å²) in [5.41, 5.74) is 0.789. The number of aliphatic hydroxyl groups excluding tert-OH is 2. The van der Waals surface area contributed by atoms with Crippen LogP contribution in [0, 0.1) is 11.8 Å². The maximum atomic E-state index is 12.6. The fourth-order valence-electron chi connectivity index (χ4n) is 4.79. The third-order valence-electron chi connectivity index (χ3n) is 6.33. The molecule has 0 bridgehead atoms. The standard InChI is InChI=1S/C18H28N5O9P3/c1-6-8(13(15(27)30-33)23-12(6)11(7(2)24)14(23)26)3-22-4-9(10(25)5-22)19-16(20-17(28)31-34)21-18(29)32-35/h6-7,9-12,24-25H,3-5,33-35H2,1-2H3,(H2,19,20,21,28,29)/t6-,7+,9+,10+,11?,12+/m0/s1. The van der Waals surface area contributed by atoms with Crippen molar-refractivity contribution in [1.29, 1.82) is 0 Å². The number of likely N-dealkylation sites (tertiary alicyclic amines) is 1. The van der Waals surface area contributed by atoms with Gasteiger partial charge in [-0.15, -0.1) is 4.99 Å². The lowest BCUT2D eigenvalue weighted by Gasteiger charge is -2.46. The van der Waals surface area contributed by atoms with Crippen molar-refractivity contribution in [3.05, 3.63) is 11.3 Å². The molecule has 3 heterocycles. The Balaban J connectivity index is 1.77. The molecule has 4 unspecified atom stereocenters. The van der Waals surface area contributed by atoms with Gasteiger partial charge < -0.3 is 34.0 Å². The summed E-state index contributed by atoms with van der Waals surface area (Å²) in [4.78, 5) is 55.1. The van der Waals surface area contributed by atoms with Crippen molar-refractivity contribution in [2.45, 2.75) is 38.1 Å². The molecular weight excluding hydrogens is 523 g/mol. The van der Waals surface area contributed by atoms with E-state index in [1.165, 1.54) is 4.90 Å². The van der Waals surface area contributed by atoms with Gasteiger partial charge in [-0.25, -0.2) is 14.4 Å². The lowest BCUT2D eigenvalue weighted by atomic mass is 9.77.